The van der Waals surface area contributed by atoms with Crippen LogP contribution in [0.4, 0.5) is 0 Å². The van der Waals surface area contributed by atoms with Gasteiger partial charge >= 0.3 is 0 Å². The average Bonchev–Trinajstić information content (AvgIpc) is 2.21. The first-order valence-corrected chi connectivity index (χ1v) is 5.53. The lowest BCUT2D eigenvalue weighted by Gasteiger charge is -2.12. The van der Waals surface area contributed by atoms with Crippen LogP contribution >= 0.6 is 15.9 Å². The number of benzene rings is 1. The second-order valence-electron chi connectivity index (χ2n) is 3.38. The van der Waals surface area contributed by atoms with Crippen LogP contribution in [0.1, 0.15) is 5.56 Å². The normalized spacial score (nSPS) is 12.5. The predicted octanol–water partition coefficient (Wildman–Crippen LogP) is 1.97. The van der Waals surface area contributed by atoms with Gasteiger partial charge in [0.25, 0.3) is 0 Å². The van der Waals surface area contributed by atoms with Crippen LogP contribution in [-0.4, -0.2) is 26.9 Å². The van der Waals surface area contributed by atoms with Crippen molar-refractivity contribution in [2.24, 2.45) is 5.73 Å². The zero-order valence-electron chi connectivity index (χ0n) is 9.00. The van der Waals surface area contributed by atoms with Crippen LogP contribution < -0.4 is 10.5 Å². The minimum atomic E-state index is 0.0124. The van der Waals surface area contributed by atoms with Crippen molar-refractivity contribution in [2.75, 3.05) is 20.8 Å². The molecule has 0 aliphatic carbocycles. The summed E-state index contributed by atoms with van der Waals surface area (Å²) in [6.07, 6.45) is 0.769. The lowest BCUT2D eigenvalue weighted by atomic mass is 10.1. The Kier molecular flexibility index (Phi) is 5.08. The molecule has 0 radical (unpaired) electrons. The molecule has 84 valence electrons. The minimum absolute atomic E-state index is 0.0124. The van der Waals surface area contributed by atoms with Gasteiger partial charge in [-0.1, -0.05) is 15.9 Å². The third kappa shape index (κ3) is 3.81. The largest absolute Gasteiger partial charge is 0.497 e. The first kappa shape index (κ1) is 12.5. The Balaban J connectivity index is 2.74. The van der Waals surface area contributed by atoms with Crippen molar-refractivity contribution >= 4 is 15.9 Å². The van der Waals surface area contributed by atoms with Gasteiger partial charge in [-0.25, -0.2) is 0 Å². The van der Waals surface area contributed by atoms with E-state index >= 15 is 0 Å². The lowest BCUT2D eigenvalue weighted by molar-refractivity contribution is 0.180. The molecule has 0 saturated carbocycles. The van der Waals surface area contributed by atoms with Gasteiger partial charge in [-0.2, -0.15) is 0 Å². The topological polar surface area (TPSA) is 44.5 Å². The molecule has 4 heteroatoms. The smallest absolute Gasteiger partial charge is 0.119 e. The molecule has 0 amide bonds. The van der Waals surface area contributed by atoms with E-state index < -0.39 is 0 Å². The number of ether oxygens (including phenoxy) is 2. The first-order chi connectivity index (χ1) is 7.17. The summed E-state index contributed by atoms with van der Waals surface area (Å²) in [5, 5.41) is 0. The third-order valence-electron chi connectivity index (χ3n) is 2.12. The summed E-state index contributed by atoms with van der Waals surface area (Å²) in [7, 11) is 3.31. The number of rotatable bonds is 5. The van der Waals surface area contributed by atoms with Crippen LogP contribution in [0, 0.1) is 0 Å². The molecule has 0 aliphatic rings. The van der Waals surface area contributed by atoms with Gasteiger partial charge in [-0.3, -0.25) is 0 Å². The van der Waals surface area contributed by atoms with Gasteiger partial charge in [0.2, 0.25) is 0 Å². The maximum Gasteiger partial charge on any atom is 0.119 e. The van der Waals surface area contributed by atoms with Crippen LogP contribution in [0.2, 0.25) is 0 Å². The Morgan fingerprint density at radius 1 is 1.40 bits per heavy atom. The highest BCUT2D eigenvalue weighted by Crippen LogP contribution is 2.23. The molecule has 1 aromatic carbocycles. The molecular formula is C11H16BrNO2. The Bertz CT molecular complexity index is 317. The molecule has 1 atom stereocenters. The van der Waals surface area contributed by atoms with Crippen LogP contribution in [0.25, 0.3) is 0 Å². The molecule has 15 heavy (non-hydrogen) atoms. The van der Waals surface area contributed by atoms with Gasteiger partial charge in [0.05, 0.1) is 13.7 Å². The van der Waals surface area contributed by atoms with E-state index in [1.54, 1.807) is 14.2 Å². The number of halogens is 1. The molecule has 0 bridgehead atoms. The minimum Gasteiger partial charge on any atom is -0.497 e. The predicted molar refractivity (Wildman–Crippen MR) is 64.2 cm³/mol. The molecule has 1 rings (SSSR count). The highest BCUT2D eigenvalue weighted by molar-refractivity contribution is 9.10. The second-order valence-corrected chi connectivity index (χ2v) is 4.23. The summed E-state index contributed by atoms with van der Waals surface area (Å²) in [4.78, 5) is 0. The molecule has 1 unspecified atom stereocenters. The Morgan fingerprint density at radius 2 is 2.13 bits per heavy atom. The molecule has 0 heterocycles. The lowest BCUT2D eigenvalue weighted by Crippen LogP contribution is -2.28. The molecule has 0 aliphatic heterocycles. The van der Waals surface area contributed by atoms with Crippen molar-refractivity contribution in [3.8, 4) is 5.75 Å². The van der Waals surface area contributed by atoms with Crippen molar-refractivity contribution in [1.82, 2.24) is 0 Å². The highest BCUT2D eigenvalue weighted by atomic mass is 79.9. The van der Waals surface area contributed by atoms with Gasteiger partial charge in [0.1, 0.15) is 5.75 Å². The molecule has 0 aromatic heterocycles. The summed E-state index contributed by atoms with van der Waals surface area (Å²) in [5.41, 5.74) is 7.03. The molecular weight excluding hydrogens is 258 g/mol. The van der Waals surface area contributed by atoms with Crippen molar-refractivity contribution < 1.29 is 9.47 Å². The standard InChI is InChI=1S/C11H16BrNO2/c1-14-7-9(13)5-8-6-10(15-2)3-4-11(8)12/h3-4,6,9H,5,7,13H2,1-2H3. The van der Waals surface area contributed by atoms with Gasteiger partial charge in [-0.15, -0.1) is 0 Å². The number of hydrogen-bond donors (Lipinski definition) is 1. The van der Waals surface area contributed by atoms with Gasteiger partial charge in [-0.05, 0) is 30.2 Å². The number of methoxy groups -OCH3 is 2. The summed E-state index contributed by atoms with van der Waals surface area (Å²) in [6, 6.07) is 5.88. The fourth-order valence-electron chi connectivity index (χ4n) is 1.39. The van der Waals surface area contributed by atoms with Crippen LogP contribution in [0.3, 0.4) is 0 Å². The van der Waals surface area contributed by atoms with Crippen LogP contribution in [-0.2, 0) is 11.2 Å². The molecule has 3 nitrogen and oxygen atoms in total. The van der Waals surface area contributed by atoms with Crippen molar-refractivity contribution in [3.63, 3.8) is 0 Å². The van der Waals surface area contributed by atoms with Crippen molar-refractivity contribution in [1.29, 1.82) is 0 Å². The summed E-state index contributed by atoms with van der Waals surface area (Å²) in [6.45, 7) is 0.559. The monoisotopic (exact) mass is 273 g/mol. The SMILES string of the molecule is COCC(N)Cc1cc(OC)ccc1Br. The molecule has 2 N–H and O–H groups in total. The van der Waals surface area contributed by atoms with E-state index in [0.717, 1.165) is 22.2 Å². The first-order valence-electron chi connectivity index (χ1n) is 4.74. The third-order valence-corrected chi connectivity index (χ3v) is 2.89. The second kappa shape index (κ2) is 6.10. The molecule has 0 saturated heterocycles. The van der Waals surface area contributed by atoms with E-state index in [2.05, 4.69) is 15.9 Å². The maximum atomic E-state index is 5.89. The average molecular weight is 274 g/mol. The van der Waals surface area contributed by atoms with Crippen molar-refractivity contribution in [3.05, 3.63) is 28.2 Å². The fraction of sp³-hybridized carbons (Fsp3) is 0.455. The maximum absolute atomic E-state index is 5.89. The Labute approximate surface area is 98.7 Å². The van der Waals surface area contributed by atoms with E-state index in [1.807, 2.05) is 18.2 Å². The summed E-state index contributed by atoms with van der Waals surface area (Å²) < 4.78 is 11.2. The molecule has 1 aromatic rings. The van der Waals surface area contributed by atoms with Crippen molar-refractivity contribution in [2.45, 2.75) is 12.5 Å². The van der Waals surface area contributed by atoms with Gasteiger partial charge < -0.3 is 15.2 Å². The fourth-order valence-corrected chi connectivity index (χ4v) is 1.80. The molecule has 0 spiro atoms. The van der Waals surface area contributed by atoms with Gasteiger partial charge in [0.15, 0.2) is 0 Å². The summed E-state index contributed by atoms with van der Waals surface area (Å²) >= 11 is 3.49. The zero-order valence-corrected chi connectivity index (χ0v) is 10.6. The number of nitrogens with two attached hydrogens (primary N) is 1. The van der Waals surface area contributed by atoms with E-state index in [0.29, 0.717) is 6.61 Å². The van der Waals surface area contributed by atoms with E-state index in [4.69, 9.17) is 15.2 Å². The van der Waals surface area contributed by atoms with Gasteiger partial charge in [0, 0.05) is 17.6 Å². The quantitative estimate of drug-likeness (QED) is 0.892. The number of hydrogen-bond acceptors (Lipinski definition) is 3. The zero-order chi connectivity index (χ0) is 11.3. The summed E-state index contributed by atoms with van der Waals surface area (Å²) in [5.74, 6) is 0.845. The van der Waals surface area contributed by atoms with E-state index in [9.17, 15) is 0 Å². The Morgan fingerprint density at radius 3 is 2.73 bits per heavy atom. The molecule has 0 fully saturated rings. The van der Waals surface area contributed by atoms with Crippen LogP contribution in [0.15, 0.2) is 22.7 Å². The van der Waals surface area contributed by atoms with E-state index in [-0.39, 0.29) is 6.04 Å². The Hall–Kier alpha value is -0.580. The van der Waals surface area contributed by atoms with Crippen LogP contribution in [0.5, 0.6) is 5.75 Å². The highest BCUT2D eigenvalue weighted by Gasteiger charge is 2.07. The van der Waals surface area contributed by atoms with E-state index in [1.165, 1.54) is 0 Å².